The number of carbonyl (C=O) groups is 1. The van der Waals surface area contributed by atoms with Crippen molar-refractivity contribution in [3.05, 3.63) is 42.0 Å². The molecule has 2 heterocycles. The minimum absolute atomic E-state index is 0.291. The van der Waals surface area contributed by atoms with Crippen LogP contribution < -0.4 is 0 Å². The smallest absolute Gasteiger partial charge is 0.410 e. The molecule has 10 heteroatoms. The van der Waals surface area contributed by atoms with Gasteiger partial charge in [0, 0.05) is 31.9 Å². The molecule has 0 bridgehead atoms. The fourth-order valence-electron chi connectivity index (χ4n) is 2.74. The van der Waals surface area contributed by atoms with Gasteiger partial charge in [0.25, 0.3) is 0 Å². The SMILES string of the molecule is CC(C)(C)OC(=O)N1CCN(C(=S)SCc2cn(-c3ccccc3F)nn2)CC1. The van der Waals surface area contributed by atoms with Crippen molar-refractivity contribution in [3.63, 3.8) is 0 Å². The standard InChI is InChI=1S/C19H24FN5O2S2/c1-19(2,3)27-17(26)23-8-10-24(11-9-23)18(28)29-13-14-12-25(22-21-14)16-7-5-4-6-15(16)20/h4-7,12H,8-11,13H2,1-3H3. The summed E-state index contributed by atoms with van der Waals surface area (Å²) < 4.78 is 21.4. The van der Waals surface area contributed by atoms with Crippen LogP contribution in [0.25, 0.3) is 5.69 Å². The average molecular weight is 438 g/mol. The summed E-state index contributed by atoms with van der Waals surface area (Å²) in [5.41, 5.74) is 0.574. The first-order chi connectivity index (χ1) is 13.7. The van der Waals surface area contributed by atoms with Gasteiger partial charge in [-0.15, -0.1) is 5.10 Å². The molecule has 0 N–H and O–H groups in total. The highest BCUT2D eigenvalue weighted by Gasteiger charge is 2.26. The molecule has 0 unspecified atom stereocenters. The van der Waals surface area contributed by atoms with E-state index in [4.69, 9.17) is 17.0 Å². The van der Waals surface area contributed by atoms with Gasteiger partial charge in [-0.2, -0.15) is 0 Å². The Morgan fingerprint density at radius 1 is 1.21 bits per heavy atom. The van der Waals surface area contributed by atoms with Crippen LogP contribution in [0.2, 0.25) is 0 Å². The number of amides is 1. The molecule has 29 heavy (non-hydrogen) atoms. The second kappa shape index (κ2) is 9.08. The molecule has 0 saturated carbocycles. The highest BCUT2D eigenvalue weighted by atomic mass is 32.2. The molecule has 1 aromatic carbocycles. The van der Waals surface area contributed by atoms with E-state index >= 15 is 0 Å². The molecule has 1 aromatic heterocycles. The van der Waals surface area contributed by atoms with E-state index in [0.29, 0.717) is 43.3 Å². The molecular weight excluding hydrogens is 413 g/mol. The number of hydrogen-bond acceptors (Lipinski definition) is 6. The lowest BCUT2D eigenvalue weighted by molar-refractivity contribution is 0.0189. The van der Waals surface area contributed by atoms with Crippen LogP contribution in [-0.4, -0.2) is 67.0 Å². The van der Waals surface area contributed by atoms with Crippen LogP contribution in [0.3, 0.4) is 0 Å². The Morgan fingerprint density at radius 2 is 1.86 bits per heavy atom. The number of thioether (sulfide) groups is 1. The molecule has 2 aromatic rings. The van der Waals surface area contributed by atoms with E-state index in [-0.39, 0.29) is 11.9 Å². The lowest BCUT2D eigenvalue weighted by atomic mass is 10.2. The van der Waals surface area contributed by atoms with Gasteiger partial charge in [-0.1, -0.05) is 41.3 Å². The van der Waals surface area contributed by atoms with E-state index in [2.05, 4.69) is 15.2 Å². The van der Waals surface area contributed by atoms with Crippen molar-refractivity contribution < 1.29 is 13.9 Å². The number of piperazine rings is 1. The van der Waals surface area contributed by atoms with Crippen LogP contribution >= 0.6 is 24.0 Å². The van der Waals surface area contributed by atoms with Crippen molar-refractivity contribution in [2.24, 2.45) is 0 Å². The van der Waals surface area contributed by atoms with Crippen molar-refractivity contribution in [2.45, 2.75) is 32.1 Å². The summed E-state index contributed by atoms with van der Waals surface area (Å²) >= 11 is 7.01. The van der Waals surface area contributed by atoms with Crippen LogP contribution in [0.1, 0.15) is 26.5 Å². The third kappa shape index (κ3) is 5.89. The first-order valence-electron chi connectivity index (χ1n) is 9.29. The van der Waals surface area contributed by atoms with Gasteiger partial charge in [0.05, 0.1) is 11.9 Å². The Labute approximate surface area is 179 Å². The van der Waals surface area contributed by atoms with E-state index in [9.17, 15) is 9.18 Å². The molecular formula is C19H24FN5O2S2. The number of nitrogens with zero attached hydrogens (tertiary/aromatic N) is 5. The third-order valence-corrected chi connectivity index (χ3v) is 5.73. The van der Waals surface area contributed by atoms with E-state index in [1.54, 1.807) is 29.3 Å². The number of carbonyl (C=O) groups excluding carboxylic acids is 1. The fraction of sp³-hybridized carbons (Fsp3) is 0.474. The van der Waals surface area contributed by atoms with Gasteiger partial charge in [0.2, 0.25) is 0 Å². The summed E-state index contributed by atoms with van der Waals surface area (Å²) in [6.07, 6.45) is 1.41. The lowest BCUT2D eigenvalue weighted by Gasteiger charge is -2.36. The molecule has 156 valence electrons. The zero-order valence-electron chi connectivity index (χ0n) is 16.7. The maximum Gasteiger partial charge on any atom is 0.410 e. The molecule has 1 saturated heterocycles. The van der Waals surface area contributed by atoms with E-state index in [1.165, 1.54) is 22.5 Å². The molecule has 1 aliphatic heterocycles. The Kier molecular flexibility index (Phi) is 6.74. The normalized spacial score (nSPS) is 14.8. The second-order valence-electron chi connectivity index (χ2n) is 7.61. The number of ether oxygens (including phenoxy) is 1. The summed E-state index contributed by atoms with van der Waals surface area (Å²) in [5.74, 6) is 0.189. The average Bonchev–Trinajstić information content (AvgIpc) is 3.14. The van der Waals surface area contributed by atoms with Gasteiger partial charge < -0.3 is 14.5 Å². The first kappa shape index (κ1) is 21.5. The van der Waals surface area contributed by atoms with E-state index in [1.807, 2.05) is 20.8 Å². The number of halogens is 1. The highest BCUT2D eigenvalue weighted by Crippen LogP contribution is 2.19. The zero-order chi connectivity index (χ0) is 21.0. The van der Waals surface area contributed by atoms with Crippen molar-refractivity contribution in [3.8, 4) is 5.69 Å². The Morgan fingerprint density at radius 3 is 2.52 bits per heavy atom. The number of para-hydroxylation sites is 1. The minimum atomic E-state index is -0.501. The fourth-order valence-corrected chi connectivity index (χ4v) is 3.87. The van der Waals surface area contributed by atoms with Crippen molar-refractivity contribution >= 4 is 34.4 Å². The lowest BCUT2D eigenvalue weighted by Crippen LogP contribution is -2.50. The molecule has 1 amide bonds. The monoisotopic (exact) mass is 437 g/mol. The minimum Gasteiger partial charge on any atom is -0.444 e. The molecule has 1 fully saturated rings. The maximum atomic E-state index is 13.9. The van der Waals surface area contributed by atoms with Gasteiger partial charge in [-0.25, -0.2) is 13.9 Å². The predicted octanol–water partition coefficient (Wildman–Crippen LogP) is 3.48. The number of aromatic nitrogens is 3. The quantitative estimate of drug-likeness (QED) is 0.681. The zero-order valence-corrected chi connectivity index (χ0v) is 18.3. The topological polar surface area (TPSA) is 63.5 Å². The van der Waals surface area contributed by atoms with Gasteiger partial charge in [-0.3, -0.25) is 0 Å². The van der Waals surface area contributed by atoms with Crippen molar-refractivity contribution in [1.29, 1.82) is 0 Å². The molecule has 0 atom stereocenters. The van der Waals surface area contributed by atoms with Crippen LogP contribution in [0.15, 0.2) is 30.5 Å². The molecule has 0 spiro atoms. The molecule has 0 radical (unpaired) electrons. The van der Waals surface area contributed by atoms with Gasteiger partial charge >= 0.3 is 6.09 Å². The summed E-state index contributed by atoms with van der Waals surface area (Å²) in [6, 6.07) is 6.42. The van der Waals surface area contributed by atoms with Crippen molar-refractivity contribution in [2.75, 3.05) is 26.2 Å². The highest BCUT2D eigenvalue weighted by molar-refractivity contribution is 8.22. The molecule has 7 nitrogen and oxygen atoms in total. The molecule has 3 rings (SSSR count). The first-order valence-corrected chi connectivity index (χ1v) is 10.7. The predicted molar refractivity (Wildman–Crippen MR) is 115 cm³/mol. The largest absolute Gasteiger partial charge is 0.444 e. The Bertz CT molecular complexity index is 875. The summed E-state index contributed by atoms with van der Waals surface area (Å²) in [7, 11) is 0. The van der Waals surface area contributed by atoms with E-state index in [0.717, 1.165) is 4.32 Å². The maximum absolute atomic E-state index is 13.9. The summed E-state index contributed by atoms with van der Waals surface area (Å²) in [4.78, 5) is 15.9. The van der Waals surface area contributed by atoms with Gasteiger partial charge in [0.15, 0.2) is 0 Å². The number of rotatable bonds is 3. The Hall–Kier alpha value is -2.20. The van der Waals surface area contributed by atoms with Gasteiger partial charge in [0.1, 0.15) is 21.4 Å². The molecule has 1 aliphatic rings. The molecule has 0 aliphatic carbocycles. The Balaban J connectivity index is 1.48. The number of thiocarbonyl (C=S) groups is 1. The van der Waals surface area contributed by atoms with Crippen LogP contribution in [0.5, 0.6) is 0 Å². The third-order valence-electron chi connectivity index (χ3n) is 4.17. The second-order valence-corrected chi connectivity index (χ2v) is 9.22. The van der Waals surface area contributed by atoms with Crippen LogP contribution in [0, 0.1) is 5.82 Å². The summed E-state index contributed by atoms with van der Waals surface area (Å²) in [6.45, 7) is 8.03. The van der Waals surface area contributed by atoms with Crippen LogP contribution in [-0.2, 0) is 10.5 Å². The van der Waals surface area contributed by atoms with Gasteiger partial charge in [-0.05, 0) is 32.9 Å². The number of hydrogen-bond donors (Lipinski definition) is 0. The summed E-state index contributed by atoms with van der Waals surface area (Å²) in [5, 5.41) is 8.09. The van der Waals surface area contributed by atoms with Crippen LogP contribution in [0.4, 0.5) is 9.18 Å². The number of benzene rings is 1. The van der Waals surface area contributed by atoms with Crippen molar-refractivity contribution in [1.82, 2.24) is 24.8 Å². The van der Waals surface area contributed by atoms with E-state index < -0.39 is 5.60 Å².